The molecule has 0 aromatic carbocycles. The van der Waals surface area contributed by atoms with Gasteiger partial charge in [0.15, 0.2) is 0 Å². The Bertz CT molecular complexity index is 312. The van der Waals surface area contributed by atoms with Crippen LogP contribution in [0.4, 0.5) is 5.95 Å². The first kappa shape index (κ1) is 9.39. The summed E-state index contributed by atoms with van der Waals surface area (Å²) in [4.78, 5) is 2.05. The van der Waals surface area contributed by atoms with E-state index in [1.165, 1.54) is 0 Å². The highest BCUT2D eigenvalue weighted by Crippen LogP contribution is 2.21. The smallest absolute Gasteiger partial charge is 0.245 e. The summed E-state index contributed by atoms with van der Waals surface area (Å²) in [5.74, 6) is 0.733. The first-order valence-electron chi connectivity index (χ1n) is 4.85. The molecule has 0 aliphatic carbocycles. The summed E-state index contributed by atoms with van der Waals surface area (Å²) >= 11 is 0. The molecule has 2 rings (SSSR count). The van der Waals surface area contributed by atoms with Crippen LogP contribution in [-0.2, 0) is 7.05 Å². The summed E-state index contributed by atoms with van der Waals surface area (Å²) in [6.07, 6.45) is 1.58. The van der Waals surface area contributed by atoms with Gasteiger partial charge in [0.1, 0.15) is 0 Å². The zero-order chi connectivity index (χ0) is 10.1. The van der Waals surface area contributed by atoms with Gasteiger partial charge in [-0.05, 0) is 30.2 Å². The molecule has 0 amide bonds. The first-order chi connectivity index (χ1) is 6.68. The molecule has 1 aliphatic heterocycles. The number of aryl methyl sites for hydroxylation is 1. The molecule has 78 valence electrons. The molecule has 1 aromatic heterocycles. The van der Waals surface area contributed by atoms with Gasteiger partial charge in [-0.15, -0.1) is 0 Å². The molecule has 6 nitrogen and oxygen atoms in total. The highest BCUT2D eigenvalue weighted by molar-refractivity contribution is 5.30. The summed E-state index contributed by atoms with van der Waals surface area (Å²) in [6.45, 7) is 2.75. The Morgan fingerprint density at radius 1 is 1.43 bits per heavy atom. The van der Waals surface area contributed by atoms with Crippen molar-refractivity contribution in [3.63, 3.8) is 0 Å². The van der Waals surface area contributed by atoms with E-state index >= 15 is 0 Å². The summed E-state index contributed by atoms with van der Waals surface area (Å²) in [5, 5.41) is 20.9. The van der Waals surface area contributed by atoms with Gasteiger partial charge in [0, 0.05) is 19.6 Å². The zero-order valence-electron chi connectivity index (χ0n) is 8.46. The molecule has 1 fully saturated rings. The van der Waals surface area contributed by atoms with Gasteiger partial charge in [-0.2, -0.15) is 0 Å². The summed E-state index contributed by atoms with van der Waals surface area (Å²) in [5.41, 5.74) is 0. The number of rotatable bonds is 1. The highest BCUT2D eigenvalue weighted by atomic mass is 16.3. The van der Waals surface area contributed by atoms with Crippen molar-refractivity contribution < 1.29 is 5.11 Å². The van der Waals surface area contributed by atoms with Crippen LogP contribution in [0.2, 0.25) is 0 Å². The Labute approximate surface area is 82.5 Å². The average Bonchev–Trinajstić information content (AvgIpc) is 2.56. The summed E-state index contributed by atoms with van der Waals surface area (Å²) in [6, 6.07) is 0.392. The maximum Gasteiger partial charge on any atom is 0.245 e. The minimum Gasteiger partial charge on any atom is -0.391 e. The second-order valence-corrected chi connectivity index (χ2v) is 3.84. The third kappa shape index (κ3) is 1.57. The van der Waals surface area contributed by atoms with Gasteiger partial charge in [-0.3, -0.25) is 0 Å². The van der Waals surface area contributed by atoms with Gasteiger partial charge in [0.2, 0.25) is 5.95 Å². The molecule has 1 aliphatic rings. The van der Waals surface area contributed by atoms with E-state index in [9.17, 15) is 5.11 Å². The lowest BCUT2D eigenvalue weighted by molar-refractivity contribution is 0.143. The van der Waals surface area contributed by atoms with Crippen LogP contribution < -0.4 is 4.90 Å². The Morgan fingerprint density at radius 2 is 2.21 bits per heavy atom. The van der Waals surface area contributed by atoms with E-state index in [0.29, 0.717) is 12.6 Å². The number of piperidine rings is 1. The van der Waals surface area contributed by atoms with Crippen LogP contribution in [0.3, 0.4) is 0 Å². The molecular weight excluding hydrogens is 182 g/mol. The molecule has 1 aromatic rings. The largest absolute Gasteiger partial charge is 0.391 e. The number of anilines is 1. The van der Waals surface area contributed by atoms with Gasteiger partial charge in [0.25, 0.3) is 0 Å². The average molecular weight is 197 g/mol. The standard InChI is InChI=1S/C8H15N5O/c1-6-3-4-7(14)5-13(6)8-9-10-11-12(8)2/h6-7,14H,3-5H2,1-2H3. The monoisotopic (exact) mass is 197 g/mol. The third-order valence-corrected chi connectivity index (χ3v) is 2.71. The quantitative estimate of drug-likeness (QED) is 0.661. The van der Waals surface area contributed by atoms with Crippen molar-refractivity contribution in [3.05, 3.63) is 0 Å². The second-order valence-electron chi connectivity index (χ2n) is 3.84. The first-order valence-corrected chi connectivity index (χ1v) is 4.85. The Kier molecular flexibility index (Phi) is 2.37. The molecule has 0 bridgehead atoms. The maximum atomic E-state index is 9.57. The van der Waals surface area contributed by atoms with Crippen molar-refractivity contribution in [3.8, 4) is 0 Å². The van der Waals surface area contributed by atoms with E-state index in [1.54, 1.807) is 4.68 Å². The molecular formula is C8H15N5O. The second kappa shape index (κ2) is 3.53. The van der Waals surface area contributed by atoms with Crippen molar-refractivity contribution in [1.29, 1.82) is 0 Å². The van der Waals surface area contributed by atoms with Gasteiger partial charge in [0.05, 0.1) is 6.10 Å². The Balaban J connectivity index is 2.20. The van der Waals surface area contributed by atoms with E-state index in [0.717, 1.165) is 18.8 Å². The van der Waals surface area contributed by atoms with Gasteiger partial charge < -0.3 is 10.0 Å². The molecule has 6 heteroatoms. The topological polar surface area (TPSA) is 67.1 Å². The fraction of sp³-hybridized carbons (Fsp3) is 0.875. The minimum absolute atomic E-state index is 0.261. The summed E-state index contributed by atoms with van der Waals surface area (Å²) < 4.78 is 1.63. The third-order valence-electron chi connectivity index (χ3n) is 2.71. The fourth-order valence-corrected chi connectivity index (χ4v) is 1.83. The zero-order valence-corrected chi connectivity index (χ0v) is 8.46. The van der Waals surface area contributed by atoms with Crippen LogP contribution in [0.25, 0.3) is 0 Å². The predicted octanol–water partition coefficient (Wildman–Crippen LogP) is -0.440. The molecule has 0 spiro atoms. The number of aromatic nitrogens is 4. The van der Waals surface area contributed by atoms with E-state index < -0.39 is 0 Å². The molecule has 0 saturated carbocycles. The SMILES string of the molecule is CC1CCC(O)CN1c1nnnn1C. The molecule has 14 heavy (non-hydrogen) atoms. The maximum absolute atomic E-state index is 9.57. The molecule has 1 N–H and O–H groups in total. The number of aliphatic hydroxyl groups excluding tert-OH is 1. The number of β-amino-alcohol motifs (C(OH)–C–C–N with tert-alkyl or cyclic N) is 1. The minimum atomic E-state index is -0.261. The van der Waals surface area contributed by atoms with Crippen LogP contribution >= 0.6 is 0 Å². The number of nitrogens with zero attached hydrogens (tertiary/aromatic N) is 5. The van der Waals surface area contributed by atoms with Crippen LogP contribution in [0.1, 0.15) is 19.8 Å². The van der Waals surface area contributed by atoms with Crippen molar-refractivity contribution in [2.24, 2.45) is 7.05 Å². The van der Waals surface area contributed by atoms with E-state index in [2.05, 4.69) is 22.4 Å². The van der Waals surface area contributed by atoms with Crippen LogP contribution in [0, 0.1) is 0 Å². The van der Waals surface area contributed by atoms with Gasteiger partial charge in [-0.25, -0.2) is 4.68 Å². The van der Waals surface area contributed by atoms with Crippen LogP contribution in [0.5, 0.6) is 0 Å². The van der Waals surface area contributed by atoms with Crippen molar-refractivity contribution in [2.75, 3.05) is 11.4 Å². The van der Waals surface area contributed by atoms with Crippen molar-refractivity contribution in [2.45, 2.75) is 31.9 Å². The normalized spacial score (nSPS) is 28.1. The lowest BCUT2D eigenvalue weighted by atomic mass is 10.0. The molecule has 2 heterocycles. The van der Waals surface area contributed by atoms with E-state index in [1.807, 2.05) is 11.9 Å². The summed E-state index contributed by atoms with van der Waals surface area (Å²) in [7, 11) is 1.81. The van der Waals surface area contributed by atoms with Gasteiger partial charge in [-0.1, -0.05) is 5.10 Å². The van der Waals surface area contributed by atoms with Crippen molar-refractivity contribution >= 4 is 5.95 Å². The molecule has 0 radical (unpaired) electrons. The Hall–Kier alpha value is -1.17. The van der Waals surface area contributed by atoms with E-state index in [-0.39, 0.29) is 6.10 Å². The lowest BCUT2D eigenvalue weighted by Gasteiger charge is -2.35. The fourth-order valence-electron chi connectivity index (χ4n) is 1.83. The lowest BCUT2D eigenvalue weighted by Crippen LogP contribution is -2.45. The predicted molar refractivity (Wildman–Crippen MR) is 50.8 cm³/mol. The number of hydrogen-bond donors (Lipinski definition) is 1. The highest BCUT2D eigenvalue weighted by Gasteiger charge is 2.27. The Morgan fingerprint density at radius 3 is 2.86 bits per heavy atom. The molecule has 2 unspecified atom stereocenters. The van der Waals surface area contributed by atoms with Crippen LogP contribution in [-0.4, -0.2) is 44.0 Å². The van der Waals surface area contributed by atoms with Crippen LogP contribution in [0.15, 0.2) is 0 Å². The number of aliphatic hydroxyl groups is 1. The number of tetrazole rings is 1. The van der Waals surface area contributed by atoms with E-state index in [4.69, 9.17) is 0 Å². The number of hydrogen-bond acceptors (Lipinski definition) is 5. The van der Waals surface area contributed by atoms with Gasteiger partial charge >= 0.3 is 0 Å². The molecule has 2 atom stereocenters. The van der Waals surface area contributed by atoms with Crippen molar-refractivity contribution in [1.82, 2.24) is 20.2 Å². The molecule has 1 saturated heterocycles.